The zero-order chi connectivity index (χ0) is 6.85. The minimum Gasteiger partial charge on any atom is -0.427 e. The van der Waals surface area contributed by atoms with E-state index in [2.05, 4.69) is 20.7 Å². The van der Waals surface area contributed by atoms with Crippen molar-refractivity contribution in [2.75, 3.05) is 7.11 Å². The molecule has 1 aliphatic rings. The van der Waals surface area contributed by atoms with E-state index in [9.17, 15) is 4.79 Å². The Hall–Kier alpha value is -0.350. The number of rotatable bonds is 1. The number of esters is 1. The van der Waals surface area contributed by atoms with Crippen LogP contribution in [0.2, 0.25) is 0 Å². The summed E-state index contributed by atoms with van der Waals surface area (Å²) in [5, 5.41) is 0. The fourth-order valence-electron chi connectivity index (χ4n) is 0.537. The Labute approximate surface area is 60.8 Å². The highest BCUT2D eigenvalue weighted by molar-refractivity contribution is 9.11. The number of carbonyl (C=O) groups excluding carboxylic acids is 1. The van der Waals surface area contributed by atoms with Crippen molar-refractivity contribution in [3.05, 3.63) is 10.6 Å². The predicted octanol–water partition coefficient (Wildman–Crippen LogP) is 0.795. The average Bonchev–Trinajstić information content (AvgIpc) is 2.10. The van der Waals surface area contributed by atoms with Crippen molar-refractivity contribution in [1.29, 1.82) is 0 Å². The molecule has 1 heterocycles. The van der Waals surface area contributed by atoms with E-state index in [0.717, 1.165) is 0 Å². The van der Waals surface area contributed by atoms with Crippen LogP contribution in [0.5, 0.6) is 0 Å². The van der Waals surface area contributed by atoms with E-state index in [1.807, 2.05) is 0 Å². The van der Waals surface area contributed by atoms with Gasteiger partial charge in [0.25, 0.3) is 0 Å². The van der Waals surface area contributed by atoms with Crippen LogP contribution in [0.3, 0.4) is 0 Å². The molecule has 1 rings (SSSR count). The number of carbonyl (C=O) groups is 1. The molecule has 0 radical (unpaired) electrons. The maximum atomic E-state index is 10.4. The van der Waals surface area contributed by atoms with Crippen LogP contribution in [0, 0.1) is 0 Å². The molecule has 1 atom stereocenters. The van der Waals surface area contributed by atoms with Crippen LogP contribution in [0.25, 0.3) is 0 Å². The molecule has 0 spiro atoms. The summed E-state index contributed by atoms with van der Waals surface area (Å²) in [7, 11) is 1.47. The number of hydrogen-bond donors (Lipinski definition) is 0. The smallest absolute Gasteiger partial charge is 0.334 e. The zero-order valence-electron chi connectivity index (χ0n) is 4.76. The fraction of sp³-hybridized carbons (Fsp3) is 0.400. The lowest BCUT2D eigenvalue weighted by atomic mass is 10.5. The molecular weight excluding hydrogens is 188 g/mol. The Morgan fingerprint density at radius 1 is 1.89 bits per heavy atom. The van der Waals surface area contributed by atoms with Gasteiger partial charge in [-0.15, -0.1) is 0 Å². The third kappa shape index (κ3) is 1.31. The number of methoxy groups -OCH3 is 1. The molecule has 4 heteroatoms. The van der Waals surface area contributed by atoms with Gasteiger partial charge in [-0.05, 0) is 15.9 Å². The SMILES string of the molecule is CO[C@@H]1OC(=O)C=C1Br. The lowest BCUT2D eigenvalue weighted by Gasteiger charge is -2.05. The maximum Gasteiger partial charge on any atom is 0.334 e. The average molecular weight is 193 g/mol. The molecule has 0 amide bonds. The molecule has 3 nitrogen and oxygen atoms in total. The van der Waals surface area contributed by atoms with Crippen molar-refractivity contribution in [3.63, 3.8) is 0 Å². The van der Waals surface area contributed by atoms with Crippen LogP contribution in [0.1, 0.15) is 0 Å². The summed E-state index contributed by atoms with van der Waals surface area (Å²) in [6, 6.07) is 0. The first-order valence-electron chi connectivity index (χ1n) is 2.34. The van der Waals surface area contributed by atoms with Crippen LogP contribution >= 0.6 is 15.9 Å². The highest BCUT2D eigenvalue weighted by Gasteiger charge is 2.23. The van der Waals surface area contributed by atoms with Crippen LogP contribution < -0.4 is 0 Å². The van der Waals surface area contributed by atoms with Gasteiger partial charge < -0.3 is 9.47 Å². The van der Waals surface area contributed by atoms with Crippen molar-refractivity contribution in [1.82, 2.24) is 0 Å². The van der Waals surface area contributed by atoms with Crippen molar-refractivity contribution in [2.24, 2.45) is 0 Å². The largest absolute Gasteiger partial charge is 0.427 e. The van der Waals surface area contributed by atoms with Gasteiger partial charge in [-0.3, -0.25) is 0 Å². The van der Waals surface area contributed by atoms with E-state index in [-0.39, 0.29) is 5.97 Å². The Morgan fingerprint density at radius 3 is 2.78 bits per heavy atom. The van der Waals surface area contributed by atoms with E-state index >= 15 is 0 Å². The second kappa shape index (κ2) is 2.49. The highest BCUT2D eigenvalue weighted by Crippen LogP contribution is 2.20. The first-order valence-corrected chi connectivity index (χ1v) is 3.14. The summed E-state index contributed by atoms with van der Waals surface area (Å²) < 4.78 is 9.99. The second-order valence-corrected chi connectivity index (χ2v) is 2.45. The Kier molecular flexibility index (Phi) is 1.87. The Balaban J connectivity index is 2.64. The van der Waals surface area contributed by atoms with Crippen molar-refractivity contribution in [2.45, 2.75) is 6.29 Å². The molecule has 0 aromatic carbocycles. The van der Waals surface area contributed by atoms with E-state index in [0.29, 0.717) is 4.48 Å². The standard InChI is InChI=1S/C5H5BrO3/c1-8-5-3(6)2-4(7)9-5/h2,5H,1H3/t5-/m1/s1. The van der Waals surface area contributed by atoms with Gasteiger partial charge in [-0.1, -0.05) is 0 Å². The summed E-state index contributed by atoms with van der Waals surface area (Å²) >= 11 is 3.10. The monoisotopic (exact) mass is 192 g/mol. The molecule has 1 aliphatic heterocycles. The topological polar surface area (TPSA) is 35.5 Å². The van der Waals surface area contributed by atoms with E-state index in [1.54, 1.807) is 0 Å². The second-order valence-electron chi connectivity index (χ2n) is 1.53. The van der Waals surface area contributed by atoms with Gasteiger partial charge in [0.05, 0.1) is 4.48 Å². The highest BCUT2D eigenvalue weighted by atomic mass is 79.9. The van der Waals surface area contributed by atoms with Crippen LogP contribution in [0.15, 0.2) is 10.6 Å². The van der Waals surface area contributed by atoms with Crippen LogP contribution in [-0.2, 0) is 14.3 Å². The molecule has 0 unspecified atom stereocenters. The Morgan fingerprint density at radius 2 is 2.56 bits per heavy atom. The minimum atomic E-state index is -0.530. The van der Waals surface area contributed by atoms with E-state index in [4.69, 9.17) is 4.74 Å². The molecule has 0 aromatic rings. The third-order valence-corrected chi connectivity index (χ3v) is 1.52. The van der Waals surface area contributed by atoms with Gasteiger partial charge in [0, 0.05) is 13.2 Å². The zero-order valence-corrected chi connectivity index (χ0v) is 6.34. The predicted molar refractivity (Wildman–Crippen MR) is 33.9 cm³/mol. The summed E-state index contributed by atoms with van der Waals surface area (Å²) in [4.78, 5) is 10.4. The molecule has 0 fully saturated rings. The molecule has 0 aliphatic carbocycles. The van der Waals surface area contributed by atoms with Crippen molar-refractivity contribution in [3.8, 4) is 0 Å². The molecule has 0 saturated heterocycles. The molecule has 9 heavy (non-hydrogen) atoms. The lowest BCUT2D eigenvalue weighted by Crippen LogP contribution is -2.11. The van der Waals surface area contributed by atoms with Crippen molar-refractivity contribution < 1.29 is 14.3 Å². The first kappa shape index (κ1) is 6.77. The third-order valence-electron chi connectivity index (χ3n) is 0.918. The normalized spacial score (nSPS) is 25.8. The number of ether oxygens (including phenoxy) is 2. The van der Waals surface area contributed by atoms with Gasteiger partial charge in [0.2, 0.25) is 6.29 Å². The summed E-state index contributed by atoms with van der Waals surface area (Å²) in [5.74, 6) is -0.367. The lowest BCUT2D eigenvalue weighted by molar-refractivity contribution is -0.154. The number of hydrogen-bond acceptors (Lipinski definition) is 3. The van der Waals surface area contributed by atoms with Crippen LogP contribution in [0.4, 0.5) is 0 Å². The first-order chi connectivity index (χ1) is 4.24. The van der Waals surface area contributed by atoms with E-state index < -0.39 is 6.29 Å². The fourth-order valence-corrected chi connectivity index (χ4v) is 1.00. The van der Waals surface area contributed by atoms with E-state index in [1.165, 1.54) is 13.2 Å². The van der Waals surface area contributed by atoms with Gasteiger partial charge in [0.15, 0.2) is 0 Å². The number of halogens is 1. The minimum absolute atomic E-state index is 0.367. The summed E-state index contributed by atoms with van der Waals surface area (Å²) in [6.07, 6.45) is 0.811. The summed E-state index contributed by atoms with van der Waals surface area (Å²) in [5.41, 5.74) is 0. The number of cyclic esters (lactones) is 1. The molecule has 0 bridgehead atoms. The quantitative estimate of drug-likeness (QED) is 0.577. The van der Waals surface area contributed by atoms with Gasteiger partial charge in [-0.25, -0.2) is 4.79 Å². The maximum absolute atomic E-state index is 10.4. The summed E-state index contributed by atoms with van der Waals surface area (Å²) in [6.45, 7) is 0. The molecule has 0 N–H and O–H groups in total. The molecule has 0 saturated carbocycles. The van der Waals surface area contributed by atoms with Gasteiger partial charge in [0.1, 0.15) is 0 Å². The van der Waals surface area contributed by atoms with Crippen LogP contribution in [-0.4, -0.2) is 19.4 Å². The Bertz CT molecular complexity index is 164. The molecule has 0 aromatic heterocycles. The molecule has 50 valence electrons. The van der Waals surface area contributed by atoms with Crippen molar-refractivity contribution >= 4 is 21.9 Å². The van der Waals surface area contributed by atoms with Gasteiger partial charge >= 0.3 is 5.97 Å². The molecular formula is C5H5BrO3. The van der Waals surface area contributed by atoms with Gasteiger partial charge in [-0.2, -0.15) is 0 Å².